The summed E-state index contributed by atoms with van der Waals surface area (Å²) in [5.41, 5.74) is 3.55. The lowest BCUT2D eigenvalue weighted by Gasteiger charge is -1.97. The van der Waals surface area contributed by atoms with Crippen molar-refractivity contribution in [3.63, 3.8) is 0 Å². The van der Waals surface area contributed by atoms with Gasteiger partial charge in [-0.1, -0.05) is 13.8 Å². The molecule has 3 heteroatoms. The van der Waals surface area contributed by atoms with Crippen LogP contribution in [0.5, 0.6) is 0 Å². The Bertz CT molecular complexity index is 502. The highest BCUT2D eigenvalue weighted by atomic mass is 19.1. The van der Waals surface area contributed by atoms with Crippen molar-refractivity contribution in [2.45, 2.75) is 26.7 Å². The Balaban J connectivity index is 0.000000514. The van der Waals surface area contributed by atoms with E-state index in [1.54, 1.807) is 6.07 Å². The SMILES string of the molecule is CC.Fc1ccc2c3c([nH]c2c1)CCNCC3. The van der Waals surface area contributed by atoms with Crippen LogP contribution in [0.15, 0.2) is 18.2 Å². The Morgan fingerprint density at radius 1 is 1.12 bits per heavy atom. The van der Waals surface area contributed by atoms with Gasteiger partial charge in [0, 0.05) is 29.6 Å². The van der Waals surface area contributed by atoms with Gasteiger partial charge in [0.1, 0.15) is 5.82 Å². The van der Waals surface area contributed by atoms with Crippen LogP contribution in [0.1, 0.15) is 25.1 Å². The van der Waals surface area contributed by atoms with E-state index in [4.69, 9.17) is 0 Å². The van der Waals surface area contributed by atoms with E-state index in [0.717, 1.165) is 31.4 Å². The molecule has 0 aliphatic carbocycles. The van der Waals surface area contributed by atoms with Crippen LogP contribution in [0.4, 0.5) is 4.39 Å². The first kappa shape index (κ1) is 12.1. The number of rotatable bonds is 0. The minimum absolute atomic E-state index is 0.169. The highest BCUT2D eigenvalue weighted by Gasteiger charge is 2.13. The zero-order valence-electron chi connectivity index (χ0n) is 10.4. The third-order valence-corrected chi connectivity index (χ3v) is 3.06. The maximum absolute atomic E-state index is 13.0. The van der Waals surface area contributed by atoms with Crippen molar-refractivity contribution in [2.24, 2.45) is 0 Å². The number of aromatic amines is 1. The molecule has 1 aromatic heterocycles. The van der Waals surface area contributed by atoms with Gasteiger partial charge in [-0.3, -0.25) is 0 Å². The van der Waals surface area contributed by atoms with Crippen LogP contribution in [0, 0.1) is 5.82 Å². The summed E-state index contributed by atoms with van der Waals surface area (Å²) >= 11 is 0. The molecule has 0 unspecified atom stereocenters. The molecule has 0 amide bonds. The van der Waals surface area contributed by atoms with Gasteiger partial charge in [-0.25, -0.2) is 4.39 Å². The molecule has 1 aliphatic heterocycles. The maximum Gasteiger partial charge on any atom is 0.125 e. The van der Waals surface area contributed by atoms with E-state index in [9.17, 15) is 4.39 Å². The summed E-state index contributed by atoms with van der Waals surface area (Å²) in [5, 5.41) is 4.54. The molecular formula is C14H19FN2. The van der Waals surface area contributed by atoms with Crippen LogP contribution in [0.2, 0.25) is 0 Å². The van der Waals surface area contributed by atoms with Gasteiger partial charge in [-0.05, 0) is 36.7 Å². The molecule has 0 radical (unpaired) electrons. The Morgan fingerprint density at radius 2 is 1.88 bits per heavy atom. The lowest BCUT2D eigenvalue weighted by molar-refractivity contribution is 0.629. The van der Waals surface area contributed by atoms with Crippen LogP contribution in [-0.2, 0) is 12.8 Å². The van der Waals surface area contributed by atoms with Crippen molar-refractivity contribution < 1.29 is 4.39 Å². The zero-order chi connectivity index (χ0) is 12.3. The topological polar surface area (TPSA) is 27.8 Å². The van der Waals surface area contributed by atoms with Gasteiger partial charge < -0.3 is 10.3 Å². The number of H-pyrrole nitrogens is 1. The monoisotopic (exact) mass is 234 g/mol. The van der Waals surface area contributed by atoms with E-state index < -0.39 is 0 Å². The molecular weight excluding hydrogens is 215 g/mol. The predicted octanol–water partition coefficient (Wildman–Crippen LogP) is 3.02. The quantitative estimate of drug-likeness (QED) is 0.720. The van der Waals surface area contributed by atoms with Gasteiger partial charge >= 0.3 is 0 Å². The fourth-order valence-corrected chi connectivity index (χ4v) is 2.33. The molecule has 1 aromatic carbocycles. The van der Waals surface area contributed by atoms with E-state index in [1.807, 2.05) is 19.9 Å². The highest BCUT2D eigenvalue weighted by molar-refractivity contribution is 5.84. The normalized spacial score (nSPS) is 14.8. The second-order valence-corrected chi connectivity index (χ2v) is 4.02. The van der Waals surface area contributed by atoms with Gasteiger partial charge in [0.15, 0.2) is 0 Å². The molecule has 0 spiro atoms. The number of hydrogen-bond acceptors (Lipinski definition) is 1. The molecule has 17 heavy (non-hydrogen) atoms. The molecule has 2 heterocycles. The first-order valence-electron chi connectivity index (χ1n) is 6.34. The number of benzene rings is 1. The Hall–Kier alpha value is -1.35. The summed E-state index contributed by atoms with van der Waals surface area (Å²) in [6.07, 6.45) is 2.03. The van der Waals surface area contributed by atoms with Crippen molar-refractivity contribution in [2.75, 3.05) is 13.1 Å². The summed E-state index contributed by atoms with van der Waals surface area (Å²) in [6, 6.07) is 5.00. The fourth-order valence-electron chi connectivity index (χ4n) is 2.33. The highest BCUT2D eigenvalue weighted by Crippen LogP contribution is 2.24. The van der Waals surface area contributed by atoms with Gasteiger partial charge in [-0.15, -0.1) is 0 Å². The first-order valence-corrected chi connectivity index (χ1v) is 6.34. The van der Waals surface area contributed by atoms with Crippen LogP contribution >= 0.6 is 0 Å². The molecule has 0 saturated carbocycles. The van der Waals surface area contributed by atoms with Crippen LogP contribution in [0.25, 0.3) is 10.9 Å². The summed E-state index contributed by atoms with van der Waals surface area (Å²) in [7, 11) is 0. The average molecular weight is 234 g/mol. The summed E-state index contributed by atoms with van der Waals surface area (Å²) in [4.78, 5) is 3.32. The molecule has 2 N–H and O–H groups in total. The third-order valence-electron chi connectivity index (χ3n) is 3.06. The maximum atomic E-state index is 13.0. The van der Waals surface area contributed by atoms with Crippen molar-refractivity contribution in [3.8, 4) is 0 Å². The van der Waals surface area contributed by atoms with Crippen LogP contribution in [0.3, 0.4) is 0 Å². The molecule has 2 nitrogen and oxygen atoms in total. The van der Waals surface area contributed by atoms with Crippen LogP contribution < -0.4 is 5.32 Å². The number of hydrogen-bond donors (Lipinski definition) is 2. The Labute approximate surface area is 101 Å². The third kappa shape index (κ3) is 2.34. The fraction of sp³-hybridized carbons (Fsp3) is 0.429. The number of fused-ring (bicyclic) bond motifs is 3. The van der Waals surface area contributed by atoms with Crippen molar-refractivity contribution in [1.82, 2.24) is 10.3 Å². The minimum Gasteiger partial charge on any atom is -0.358 e. The van der Waals surface area contributed by atoms with E-state index in [0.29, 0.717) is 0 Å². The summed E-state index contributed by atoms with van der Waals surface area (Å²) < 4.78 is 13.0. The molecule has 0 bridgehead atoms. The van der Waals surface area contributed by atoms with E-state index in [1.165, 1.54) is 22.7 Å². The Morgan fingerprint density at radius 3 is 2.71 bits per heavy atom. The van der Waals surface area contributed by atoms with E-state index in [2.05, 4.69) is 10.3 Å². The largest absolute Gasteiger partial charge is 0.358 e. The zero-order valence-corrected chi connectivity index (χ0v) is 10.4. The smallest absolute Gasteiger partial charge is 0.125 e. The lowest BCUT2D eigenvalue weighted by Crippen LogP contribution is -2.16. The lowest BCUT2D eigenvalue weighted by atomic mass is 10.1. The molecule has 2 aromatic rings. The number of nitrogens with one attached hydrogen (secondary N) is 2. The first-order chi connectivity index (χ1) is 8.34. The van der Waals surface area contributed by atoms with E-state index >= 15 is 0 Å². The molecule has 1 aliphatic rings. The summed E-state index contributed by atoms with van der Waals surface area (Å²) in [5.74, 6) is -0.169. The molecule has 0 atom stereocenters. The van der Waals surface area contributed by atoms with Crippen molar-refractivity contribution >= 4 is 10.9 Å². The van der Waals surface area contributed by atoms with Gasteiger partial charge in [-0.2, -0.15) is 0 Å². The molecule has 92 valence electrons. The molecule has 0 saturated heterocycles. The number of halogens is 1. The summed E-state index contributed by atoms with van der Waals surface area (Å²) in [6.45, 7) is 6.01. The van der Waals surface area contributed by atoms with E-state index in [-0.39, 0.29) is 5.82 Å². The standard InChI is InChI=1S/C12H13FN2.C2H6/c13-8-1-2-9-10-3-5-14-6-4-11(10)15-12(9)7-8;1-2/h1-2,7,14-15H,3-6H2;1-2H3. The second kappa shape index (κ2) is 5.32. The van der Waals surface area contributed by atoms with Crippen LogP contribution in [-0.4, -0.2) is 18.1 Å². The minimum atomic E-state index is -0.169. The average Bonchev–Trinajstić information content (AvgIpc) is 2.54. The van der Waals surface area contributed by atoms with Gasteiger partial charge in [0.05, 0.1) is 0 Å². The van der Waals surface area contributed by atoms with Crippen molar-refractivity contribution in [3.05, 3.63) is 35.3 Å². The molecule has 0 fully saturated rings. The predicted molar refractivity (Wildman–Crippen MR) is 69.9 cm³/mol. The van der Waals surface area contributed by atoms with Gasteiger partial charge in [0.2, 0.25) is 0 Å². The van der Waals surface area contributed by atoms with Crippen molar-refractivity contribution in [1.29, 1.82) is 0 Å². The Kier molecular flexibility index (Phi) is 3.79. The molecule has 3 rings (SSSR count). The second-order valence-electron chi connectivity index (χ2n) is 4.02. The van der Waals surface area contributed by atoms with Gasteiger partial charge in [0.25, 0.3) is 0 Å². The number of aromatic nitrogens is 1.